The van der Waals surface area contributed by atoms with Gasteiger partial charge in [-0.1, -0.05) is 49.6 Å². The van der Waals surface area contributed by atoms with Crippen LogP contribution in [0.2, 0.25) is 0 Å². The summed E-state index contributed by atoms with van der Waals surface area (Å²) >= 11 is 0. The Morgan fingerprint density at radius 3 is 2.19 bits per heavy atom. The van der Waals surface area contributed by atoms with Crippen LogP contribution in [0.1, 0.15) is 51.0 Å². The lowest BCUT2D eigenvalue weighted by molar-refractivity contribution is -0.143. The van der Waals surface area contributed by atoms with Crippen LogP contribution in [0.5, 0.6) is 0 Å². The minimum Gasteiger partial charge on any atom is -0.339 e. The van der Waals surface area contributed by atoms with Crippen molar-refractivity contribution < 1.29 is 9.59 Å². The fourth-order valence-corrected chi connectivity index (χ4v) is 4.16. The summed E-state index contributed by atoms with van der Waals surface area (Å²) in [6, 6.07) is 9.50. The molecule has 1 aliphatic heterocycles. The van der Waals surface area contributed by atoms with Crippen molar-refractivity contribution in [2.45, 2.75) is 51.0 Å². The second-order valence-corrected chi connectivity index (χ2v) is 7.95. The summed E-state index contributed by atoms with van der Waals surface area (Å²) in [6.45, 7) is 4.12. The van der Waals surface area contributed by atoms with Crippen LogP contribution >= 0.6 is 0 Å². The lowest BCUT2D eigenvalue weighted by atomic mass is 9.86. The van der Waals surface area contributed by atoms with Crippen molar-refractivity contribution in [3.05, 3.63) is 35.9 Å². The highest BCUT2D eigenvalue weighted by Gasteiger charge is 2.36. The Hall–Kier alpha value is -1.88. The third-order valence-electron chi connectivity index (χ3n) is 5.93. The number of nitrogens with zero attached hydrogens (tertiary/aromatic N) is 2. The summed E-state index contributed by atoms with van der Waals surface area (Å²) in [7, 11) is 0. The predicted octanol–water partition coefficient (Wildman–Crippen LogP) is 2.50. The van der Waals surface area contributed by atoms with Crippen molar-refractivity contribution in [3.8, 4) is 0 Å². The Bertz CT molecular complexity index is 615. The number of piperazine rings is 1. The van der Waals surface area contributed by atoms with E-state index in [2.05, 4.69) is 0 Å². The van der Waals surface area contributed by atoms with Crippen molar-refractivity contribution in [2.75, 3.05) is 26.2 Å². The summed E-state index contributed by atoms with van der Waals surface area (Å²) in [5, 5.41) is 0. The first-order valence-corrected chi connectivity index (χ1v) is 9.90. The molecule has 0 radical (unpaired) electrons. The Morgan fingerprint density at radius 2 is 1.58 bits per heavy atom. The number of hydrogen-bond acceptors (Lipinski definition) is 3. The molecule has 1 saturated carbocycles. The van der Waals surface area contributed by atoms with Crippen LogP contribution in [0.4, 0.5) is 0 Å². The number of nitrogens with two attached hydrogens (primary N) is 1. The number of rotatable bonds is 4. The van der Waals surface area contributed by atoms with E-state index in [0.29, 0.717) is 38.5 Å². The van der Waals surface area contributed by atoms with Gasteiger partial charge in [0.05, 0.1) is 0 Å². The minimum absolute atomic E-state index is 0.0666. The molecular weight excluding hydrogens is 326 g/mol. The number of carbonyl (C=O) groups excluding carboxylic acids is 2. The maximum Gasteiger partial charge on any atom is 0.247 e. The lowest BCUT2D eigenvalue weighted by Gasteiger charge is -2.39. The van der Waals surface area contributed by atoms with Gasteiger partial charge in [0.15, 0.2) is 0 Å². The normalized spacial score (nSPS) is 21.3. The van der Waals surface area contributed by atoms with Gasteiger partial charge in [-0.25, -0.2) is 0 Å². The van der Waals surface area contributed by atoms with Gasteiger partial charge in [-0.2, -0.15) is 0 Å². The highest BCUT2D eigenvalue weighted by Crippen LogP contribution is 2.27. The summed E-state index contributed by atoms with van der Waals surface area (Å²) in [4.78, 5) is 29.2. The Morgan fingerprint density at radius 1 is 1.00 bits per heavy atom. The van der Waals surface area contributed by atoms with Crippen LogP contribution in [0.3, 0.4) is 0 Å². The summed E-state index contributed by atoms with van der Waals surface area (Å²) in [5.74, 6) is 0.743. The Labute approximate surface area is 156 Å². The first kappa shape index (κ1) is 18.9. The molecule has 1 aromatic rings. The zero-order valence-electron chi connectivity index (χ0n) is 15.8. The van der Waals surface area contributed by atoms with E-state index in [-0.39, 0.29) is 11.8 Å². The SMILES string of the molecule is CC(N)(C(=O)N1CCN(C(=O)CC2CCCCC2)CC1)c1ccccc1. The zero-order valence-corrected chi connectivity index (χ0v) is 15.8. The van der Waals surface area contributed by atoms with Crippen LogP contribution in [-0.4, -0.2) is 47.8 Å². The van der Waals surface area contributed by atoms with Crippen LogP contribution in [0.15, 0.2) is 30.3 Å². The quantitative estimate of drug-likeness (QED) is 0.900. The Kier molecular flexibility index (Phi) is 5.97. The highest BCUT2D eigenvalue weighted by molar-refractivity contribution is 5.87. The maximum absolute atomic E-state index is 12.9. The predicted molar refractivity (Wildman–Crippen MR) is 102 cm³/mol. The van der Waals surface area contributed by atoms with E-state index in [4.69, 9.17) is 5.73 Å². The molecule has 2 aliphatic rings. The van der Waals surface area contributed by atoms with Crippen LogP contribution in [0, 0.1) is 5.92 Å². The molecule has 142 valence electrons. The number of benzene rings is 1. The van der Waals surface area contributed by atoms with Crippen molar-refractivity contribution in [2.24, 2.45) is 11.7 Å². The van der Waals surface area contributed by atoms with Gasteiger partial charge in [0.1, 0.15) is 5.54 Å². The van der Waals surface area contributed by atoms with E-state index in [0.717, 1.165) is 5.56 Å². The molecule has 1 heterocycles. The van der Waals surface area contributed by atoms with Crippen molar-refractivity contribution in [1.29, 1.82) is 0 Å². The van der Waals surface area contributed by atoms with Gasteiger partial charge >= 0.3 is 0 Å². The van der Waals surface area contributed by atoms with E-state index >= 15 is 0 Å². The maximum atomic E-state index is 12.9. The standard InChI is InChI=1S/C21H31N3O2/c1-21(22,18-10-6-3-7-11-18)20(26)24-14-12-23(13-15-24)19(25)16-17-8-4-2-5-9-17/h3,6-7,10-11,17H,2,4-5,8-9,12-16,22H2,1H3. The van der Waals surface area contributed by atoms with E-state index in [9.17, 15) is 9.59 Å². The molecule has 3 rings (SSSR count). The van der Waals surface area contributed by atoms with Gasteiger partial charge in [0, 0.05) is 32.6 Å². The van der Waals surface area contributed by atoms with Gasteiger partial charge in [0.25, 0.3) is 0 Å². The molecule has 2 fully saturated rings. The van der Waals surface area contributed by atoms with Crippen LogP contribution in [0.25, 0.3) is 0 Å². The van der Waals surface area contributed by atoms with E-state index in [1.54, 1.807) is 11.8 Å². The summed E-state index contributed by atoms with van der Waals surface area (Å²) in [5.41, 5.74) is 6.15. The molecule has 0 spiro atoms. The first-order chi connectivity index (χ1) is 12.5. The van der Waals surface area contributed by atoms with E-state index in [1.807, 2.05) is 35.2 Å². The van der Waals surface area contributed by atoms with Crippen molar-refractivity contribution in [3.63, 3.8) is 0 Å². The topological polar surface area (TPSA) is 66.6 Å². The molecule has 0 aromatic heterocycles. The number of carbonyl (C=O) groups is 2. The summed E-state index contributed by atoms with van der Waals surface area (Å²) < 4.78 is 0. The molecule has 0 bridgehead atoms. The van der Waals surface area contributed by atoms with Crippen molar-refractivity contribution in [1.82, 2.24) is 9.80 Å². The van der Waals surface area contributed by atoms with Gasteiger partial charge in [0.2, 0.25) is 11.8 Å². The fourth-order valence-electron chi connectivity index (χ4n) is 4.16. The van der Waals surface area contributed by atoms with Crippen molar-refractivity contribution >= 4 is 11.8 Å². The van der Waals surface area contributed by atoms with Gasteiger partial charge in [-0.05, 0) is 31.2 Å². The summed E-state index contributed by atoms with van der Waals surface area (Å²) in [6.07, 6.45) is 6.88. The second-order valence-electron chi connectivity index (χ2n) is 7.95. The molecule has 26 heavy (non-hydrogen) atoms. The molecule has 1 saturated heterocycles. The molecular formula is C21H31N3O2. The third-order valence-corrected chi connectivity index (χ3v) is 5.93. The second kappa shape index (κ2) is 8.21. The van der Waals surface area contributed by atoms with Gasteiger partial charge < -0.3 is 15.5 Å². The number of hydrogen-bond donors (Lipinski definition) is 1. The fraction of sp³-hybridized carbons (Fsp3) is 0.619. The van der Waals surface area contributed by atoms with Crippen LogP contribution in [-0.2, 0) is 15.1 Å². The first-order valence-electron chi connectivity index (χ1n) is 9.90. The zero-order chi connectivity index (χ0) is 18.6. The Balaban J connectivity index is 1.53. The molecule has 2 amide bonds. The highest BCUT2D eigenvalue weighted by atomic mass is 16.2. The number of amides is 2. The third kappa shape index (κ3) is 4.26. The lowest BCUT2D eigenvalue weighted by Crippen LogP contribution is -2.57. The van der Waals surface area contributed by atoms with E-state index < -0.39 is 5.54 Å². The largest absolute Gasteiger partial charge is 0.339 e. The molecule has 1 aliphatic carbocycles. The van der Waals surface area contributed by atoms with E-state index in [1.165, 1.54) is 32.1 Å². The average molecular weight is 357 g/mol. The molecule has 1 aromatic carbocycles. The van der Waals surface area contributed by atoms with Gasteiger partial charge in [-0.3, -0.25) is 9.59 Å². The monoisotopic (exact) mass is 357 g/mol. The smallest absolute Gasteiger partial charge is 0.247 e. The minimum atomic E-state index is -1.03. The van der Waals surface area contributed by atoms with Crippen LogP contribution < -0.4 is 5.73 Å². The molecule has 2 N–H and O–H groups in total. The molecule has 5 nitrogen and oxygen atoms in total. The molecule has 1 atom stereocenters. The van der Waals surface area contributed by atoms with Gasteiger partial charge in [-0.15, -0.1) is 0 Å². The molecule has 5 heteroatoms. The average Bonchev–Trinajstić information content (AvgIpc) is 2.69. The molecule has 1 unspecified atom stereocenters.